The van der Waals surface area contributed by atoms with E-state index in [1.54, 1.807) is 41.8 Å². The SMILES string of the molecule is Cc1cc(-c2nc(Cl)cn2CC2CCCCO2)cn(C)c1=O.Cc1cc(-c2ncc(Cl)n2CC2CCCCO2)cn(C)c1=O. The average Bonchev–Trinajstić information content (AvgIpc) is 3.56. The molecule has 236 valence electrons. The van der Waals surface area contributed by atoms with E-state index in [0.29, 0.717) is 28.0 Å². The summed E-state index contributed by atoms with van der Waals surface area (Å²) in [5, 5.41) is 1.05. The van der Waals surface area contributed by atoms with Crippen molar-refractivity contribution in [3.63, 3.8) is 0 Å². The molecule has 10 nitrogen and oxygen atoms in total. The molecule has 6 rings (SSSR count). The van der Waals surface area contributed by atoms with E-state index in [0.717, 1.165) is 68.2 Å². The van der Waals surface area contributed by atoms with Gasteiger partial charge in [0, 0.05) is 68.2 Å². The molecule has 0 amide bonds. The number of rotatable bonds is 6. The number of aromatic nitrogens is 6. The van der Waals surface area contributed by atoms with Gasteiger partial charge in [-0.25, -0.2) is 9.97 Å². The molecular formula is C32H40Cl2N6O4. The Morgan fingerprint density at radius 3 is 1.86 bits per heavy atom. The molecule has 4 aromatic rings. The van der Waals surface area contributed by atoms with E-state index in [-0.39, 0.29) is 23.3 Å². The van der Waals surface area contributed by atoms with Crippen LogP contribution in [0.2, 0.25) is 10.3 Å². The van der Waals surface area contributed by atoms with Crippen LogP contribution in [0, 0.1) is 13.8 Å². The summed E-state index contributed by atoms with van der Waals surface area (Å²) < 4.78 is 18.8. The van der Waals surface area contributed by atoms with Crippen LogP contribution in [0.15, 0.2) is 46.5 Å². The summed E-state index contributed by atoms with van der Waals surface area (Å²) >= 11 is 12.4. The fourth-order valence-electron chi connectivity index (χ4n) is 5.84. The van der Waals surface area contributed by atoms with Crippen LogP contribution in [0.25, 0.3) is 22.8 Å². The lowest BCUT2D eigenvalue weighted by atomic mass is 10.1. The largest absolute Gasteiger partial charge is 0.376 e. The Morgan fingerprint density at radius 2 is 1.34 bits per heavy atom. The monoisotopic (exact) mass is 642 g/mol. The van der Waals surface area contributed by atoms with Crippen LogP contribution >= 0.6 is 23.2 Å². The predicted octanol–water partition coefficient (Wildman–Crippen LogP) is 5.56. The summed E-state index contributed by atoms with van der Waals surface area (Å²) in [6.45, 7) is 6.68. The fourth-order valence-corrected chi connectivity index (χ4v) is 6.23. The van der Waals surface area contributed by atoms with E-state index in [4.69, 9.17) is 32.7 Å². The van der Waals surface area contributed by atoms with Crippen molar-refractivity contribution in [1.29, 1.82) is 0 Å². The van der Waals surface area contributed by atoms with Crippen molar-refractivity contribution in [3.8, 4) is 22.8 Å². The van der Waals surface area contributed by atoms with Gasteiger partial charge in [-0.15, -0.1) is 0 Å². The number of pyridine rings is 2. The van der Waals surface area contributed by atoms with Gasteiger partial charge in [-0.05, 0) is 64.5 Å². The van der Waals surface area contributed by atoms with E-state index >= 15 is 0 Å². The van der Waals surface area contributed by atoms with Crippen molar-refractivity contribution in [2.75, 3.05) is 13.2 Å². The summed E-state index contributed by atoms with van der Waals surface area (Å²) in [5.74, 6) is 1.55. The van der Waals surface area contributed by atoms with Crippen molar-refractivity contribution in [2.24, 2.45) is 14.1 Å². The van der Waals surface area contributed by atoms with Gasteiger partial charge in [-0.1, -0.05) is 23.2 Å². The lowest BCUT2D eigenvalue weighted by Gasteiger charge is -2.24. The van der Waals surface area contributed by atoms with Crippen LogP contribution in [0.1, 0.15) is 49.7 Å². The topological polar surface area (TPSA) is 98.1 Å². The standard InChI is InChI=1S/2C16H20ClN3O2/c1-11-7-12(9-19(2)16(11)21)15-18-8-14(17)20(15)10-13-5-3-4-6-22-13;1-11-7-12(8-19(2)16(11)21)15-18-14(17)10-20(15)9-13-5-3-4-6-22-13/h7-9,13H,3-6,10H2,1-2H3;7-8,10,13H,3-6,9H2,1-2H3. The molecule has 2 fully saturated rings. The Kier molecular flexibility index (Phi) is 10.5. The fraction of sp³-hybridized carbons (Fsp3) is 0.500. The van der Waals surface area contributed by atoms with Crippen LogP contribution in [-0.4, -0.2) is 53.7 Å². The lowest BCUT2D eigenvalue weighted by molar-refractivity contribution is 0.00614. The lowest BCUT2D eigenvalue weighted by Crippen LogP contribution is -2.25. The highest BCUT2D eigenvalue weighted by Crippen LogP contribution is 2.26. The second-order valence-corrected chi connectivity index (χ2v) is 12.5. The first-order valence-corrected chi connectivity index (χ1v) is 15.9. The molecule has 0 bridgehead atoms. The molecule has 2 aliphatic heterocycles. The molecule has 0 saturated carbocycles. The van der Waals surface area contributed by atoms with Gasteiger partial charge in [0.15, 0.2) is 0 Å². The maximum Gasteiger partial charge on any atom is 0.253 e. The Labute approximate surface area is 267 Å². The van der Waals surface area contributed by atoms with E-state index in [1.807, 2.05) is 41.3 Å². The number of ether oxygens (including phenoxy) is 2. The smallest absolute Gasteiger partial charge is 0.253 e. The third-order valence-corrected chi connectivity index (χ3v) is 8.61. The maximum absolute atomic E-state index is 11.8. The molecule has 44 heavy (non-hydrogen) atoms. The molecule has 0 aliphatic carbocycles. The highest BCUT2D eigenvalue weighted by atomic mass is 35.5. The summed E-state index contributed by atoms with van der Waals surface area (Å²) in [6.07, 6.45) is 14.2. The van der Waals surface area contributed by atoms with Crippen molar-refractivity contribution in [3.05, 3.63) is 79.1 Å². The Morgan fingerprint density at radius 1 is 0.795 bits per heavy atom. The Balaban J connectivity index is 0.000000175. The minimum atomic E-state index is 0.00330. The minimum Gasteiger partial charge on any atom is -0.376 e. The molecule has 2 atom stereocenters. The van der Waals surface area contributed by atoms with E-state index in [2.05, 4.69) is 9.97 Å². The van der Waals surface area contributed by atoms with Crippen molar-refractivity contribution >= 4 is 23.2 Å². The van der Waals surface area contributed by atoms with Gasteiger partial charge in [0.25, 0.3) is 11.1 Å². The predicted molar refractivity (Wildman–Crippen MR) is 172 cm³/mol. The number of halogens is 2. The van der Waals surface area contributed by atoms with Crippen molar-refractivity contribution < 1.29 is 9.47 Å². The van der Waals surface area contributed by atoms with Gasteiger partial charge in [0.05, 0.1) is 31.5 Å². The van der Waals surface area contributed by atoms with E-state index in [1.165, 1.54) is 12.8 Å². The average molecular weight is 644 g/mol. The molecule has 6 heterocycles. The maximum atomic E-state index is 11.8. The Bertz CT molecular complexity index is 1590. The van der Waals surface area contributed by atoms with E-state index in [9.17, 15) is 9.59 Å². The van der Waals surface area contributed by atoms with Crippen LogP contribution in [0.5, 0.6) is 0 Å². The first-order chi connectivity index (χ1) is 21.1. The molecule has 0 N–H and O–H groups in total. The first kappa shape index (κ1) is 32.2. The molecule has 0 spiro atoms. The molecule has 4 aromatic heterocycles. The Hall–Kier alpha value is -3.18. The second kappa shape index (κ2) is 14.3. The molecule has 2 aliphatic rings. The third-order valence-electron chi connectivity index (χ3n) is 8.13. The zero-order chi connectivity index (χ0) is 31.4. The third kappa shape index (κ3) is 7.54. The van der Waals surface area contributed by atoms with Crippen molar-refractivity contribution in [2.45, 2.75) is 77.7 Å². The quantitative estimate of drug-likeness (QED) is 0.273. The molecule has 0 aromatic carbocycles. The van der Waals surface area contributed by atoms with Crippen LogP contribution < -0.4 is 11.1 Å². The number of hydrogen-bond acceptors (Lipinski definition) is 6. The molecule has 0 radical (unpaired) electrons. The van der Waals surface area contributed by atoms with Crippen LogP contribution in [0.3, 0.4) is 0 Å². The van der Waals surface area contributed by atoms with Gasteiger partial charge in [0.1, 0.15) is 22.0 Å². The highest BCUT2D eigenvalue weighted by molar-refractivity contribution is 6.29. The van der Waals surface area contributed by atoms with Gasteiger partial charge in [0.2, 0.25) is 0 Å². The molecule has 12 heteroatoms. The number of hydrogen-bond donors (Lipinski definition) is 0. The molecular weight excluding hydrogens is 603 g/mol. The van der Waals surface area contributed by atoms with Gasteiger partial charge in [-0.3, -0.25) is 9.59 Å². The van der Waals surface area contributed by atoms with E-state index < -0.39 is 0 Å². The zero-order valence-corrected chi connectivity index (χ0v) is 27.3. The molecule has 2 unspecified atom stereocenters. The summed E-state index contributed by atoms with van der Waals surface area (Å²) in [6, 6.07) is 3.72. The zero-order valence-electron chi connectivity index (χ0n) is 25.8. The number of nitrogens with zero attached hydrogens (tertiary/aromatic N) is 6. The molecule has 2 saturated heterocycles. The summed E-state index contributed by atoms with van der Waals surface area (Å²) in [4.78, 5) is 32.5. The van der Waals surface area contributed by atoms with Gasteiger partial charge < -0.3 is 27.7 Å². The van der Waals surface area contributed by atoms with Crippen LogP contribution in [0.4, 0.5) is 0 Å². The number of aryl methyl sites for hydroxylation is 4. The second-order valence-electron chi connectivity index (χ2n) is 11.7. The highest BCUT2D eigenvalue weighted by Gasteiger charge is 2.20. The van der Waals surface area contributed by atoms with Gasteiger partial charge in [-0.2, -0.15) is 0 Å². The first-order valence-electron chi connectivity index (χ1n) is 15.1. The summed E-state index contributed by atoms with van der Waals surface area (Å²) in [7, 11) is 3.50. The van der Waals surface area contributed by atoms with Crippen molar-refractivity contribution in [1.82, 2.24) is 28.2 Å². The summed E-state index contributed by atoms with van der Waals surface area (Å²) in [5.41, 5.74) is 3.18. The minimum absolute atomic E-state index is 0.00330. The van der Waals surface area contributed by atoms with Crippen LogP contribution in [-0.2, 0) is 36.7 Å². The number of imidazole rings is 2. The van der Waals surface area contributed by atoms with Gasteiger partial charge >= 0.3 is 0 Å². The normalized spacial score (nSPS) is 18.6.